The van der Waals surface area contributed by atoms with Gasteiger partial charge in [-0.05, 0) is 48.9 Å². The second-order valence-electron chi connectivity index (χ2n) is 7.38. The molecule has 0 atom stereocenters. The number of ether oxygens (including phenoxy) is 3. The van der Waals surface area contributed by atoms with Crippen LogP contribution in [0.25, 0.3) is 6.08 Å². The van der Waals surface area contributed by atoms with Crippen molar-refractivity contribution >= 4 is 23.6 Å². The lowest BCUT2D eigenvalue weighted by Gasteiger charge is -2.12. The number of halogens is 1. The number of carbonyl (C=O) groups is 1. The fourth-order valence-corrected chi connectivity index (χ4v) is 3.35. The number of aryl methyl sites for hydroxylation is 1. The topological polar surface area (TPSA) is 100 Å². The summed E-state index contributed by atoms with van der Waals surface area (Å²) in [4.78, 5) is 27.1. The van der Waals surface area contributed by atoms with E-state index >= 15 is 0 Å². The number of esters is 1. The van der Waals surface area contributed by atoms with Crippen molar-refractivity contribution in [3.63, 3.8) is 0 Å². The number of nitrogens with zero attached hydrogens (tertiary/aromatic N) is 2. The molecule has 0 saturated carbocycles. The molecule has 172 valence electrons. The van der Waals surface area contributed by atoms with Crippen LogP contribution < -0.4 is 9.47 Å². The zero-order valence-electron chi connectivity index (χ0n) is 18.3. The van der Waals surface area contributed by atoms with E-state index in [1.165, 1.54) is 37.5 Å². The second-order valence-corrected chi connectivity index (χ2v) is 7.38. The lowest BCUT2D eigenvalue weighted by atomic mass is 10.1. The van der Waals surface area contributed by atoms with Gasteiger partial charge in [-0.2, -0.15) is 0 Å². The fraction of sp³-hybridized carbons (Fsp3) is 0.120. The van der Waals surface area contributed by atoms with Crippen LogP contribution in [0.5, 0.6) is 11.5 Å². The highest BCUT2D eigenvalue weighted by atomic mass is 19.1. The molecule has 8 nitrogen and oxygen atoms in total. The van der Waals surface area contributed by atoms with Gasteiger partial charge in [0.1, 0.15) is 12.4 Å². The first kappa shape index (κ1) is 22.7. The van der Waals surface area contributed by atoms with Crippen molar-refractivity contribution in [1.29, 1.82) is 0 Å². The zero-order chi connectivity index (χ0) is 24.2. The molecule has 3 aromatic rings. The Balaban J connectivity index is 1.55. The fourth-order valence-electron chi connectivity index (χ4n) is 3.35. The van der Waals surface area contributed by atoms with Crippen molar-refractivity contribution in [2.24, 2.45) is 4.99 Å². The first-order valence-electron chi connectivity index (χ1n) is 10.2. The molecular weight excluding hydrogens is 443 g/mol. The minimum Gasteiger partial charge on any atom is -0.493 e. The molecule has 9 heteroatoms. The van der Waals surface area contributed by atoms with Gasteiger partial charge in [0.15, 0.2) is 17.2 Å². The zero-order valence-corrected chi connectivity index (χ0v) is 18.3. The highest BCUT2D eigenvalue weighted by Gasteiger charge is 2.25. The molecule has 1 aliphatic heterocycles. The van der Waals surface area contributed by atoms with E-state index in [0.717, 1.165) is 0 Å². The molecule has 1 heterocycles. The van der Waals surface area contributed by atoms with E-state index in [9.17, 15) is 19.3 Å². The Morgan fingerprint density at radius 3 is 2.62 bits per heavy atom. The Morgan fingerprint density at radius 2 is 1.91 bits per heavy atom. The summed E-state index contributed by atoms with van der Waals surface area (Å²) >= 11 is 0. The van der Waals surface area contributed by atoms with Gasteiger partial charge in [0.05, 0.1) is 12.0 Å². The lowest BCUT2D eigenvalue weighted by molar-refractivity contribution is -0.385. The summed E-state index contributed by atoms with van der Waals surface area (Å²) in [5.41, 5.74) is 1.92. The van der Waals surface area contributed by atoms with E-state index in [1.807, 2.05) is 0 Å². The van der Waals surface area contributed by atoms with Gasteiger partial charge in [0.25, 0.3) is 5.69 Å². The minimum absolute atomic E-state index is 0.0259. The second kappa shape index (κ2) is 9.53. The molecule has 4 rings (SSSR count). The molecule has 0 N–H and O–H groups in total. The summed E-state index contributed by atoms with van der Waals surface area (Å²) in [6.07, 6.45) is 1.52. The molecule has 0 radical (unpaired) electrons. The Hall–Kier alpha value is -4.53. The van der Waals surface area contributed by atoms with Crippen molar-refractivity contribution in [1.82, 2.24) is 0 Å². The van der Waals surface area contributed by atoms with Gasteiger partial charge in [-0.25, -0.2) is 14.2 Å². The van der Waals surface area contributed by atoms with E-state index in [-0.39, 0.29) is 29.7 Å². The van der Waals surface area contributed by atoms with Gasteiger partial charge in [0, 0.05) is 22.8 Å². The van der Waals surface area contributed by atoms with Gasteiger partial charge >= 0.3 is 5.97 Å². The van der Waals surface area contributed by atoms with Crippen LogP contribution in [0.1, 0.15) is 22.3 Å². The van der Waals surface area contributed by atoms with E-state index in [0.29, 0.717) is 33.8 Å². The Morgan fingerprint density at radius 1 is 1.12 bits per heavy atom. The van der Waals surface area contributed by atoms with Gasteiger partial charge < -0.3 is 14.2 Å². The molecule has 0 amide bonds. The number of cyclic esters (lactones) is 1. The van der Waals surface area contributed by atoms with Gasteiger partial charge in [-0.3, -0.25) is 10.1 Å². The molecule has 0 aliphatic carbocycles. The summed E-state index contributed by atoms with van der Waals surface area (Å²) in [7, 11) is 1.47. The molecule has 3 aromatic carbocycles. The molecule has 0 unspecified atom stereocenters. The molecule has 0 saturated heterocycles. The van der Waals surface area contributed by atoms with E-state index in [2.05, 4.69) is 4.99 Å². The summed E-state index contributed by atoms with van der Waals surface area (Å²) in [6, 6.07) is 15.7. The third-order valence-electron chi connectivity index (χ3n) is 5.09. The van der Waals surface area contributed by atoms with Crippen LogP contribution in [-0.2, 0) is 16.1 Å². The number of hydrogen-bond acceptors (Lipinski definition) is 7. The standard InChI is InChI=1S/C25H19FN2O6/c1-15-11-17(8-9-21(15)28(30)31)24-27-20(25(29)34-24)12-16-7-10-22(23(13-16)32-2)33-14-18-5-3-4-6-19(18)26/h3-13H,14H2,1-2H3/b20-12-. The van der Waals surface area contributed by atoms with Crippen LogP contribution in [-0.4, -0.2) is 23.9 Å². The maximum Gasteiger partial charge on any atom is 0.363 e. The predicted molar refractivity (Wildman–Crippen MR) is 122 cm³/mol. The van der Waals surface area contributed by atoms with E-state index in [4.69, 9.17) is 14.2 Å². The van der Waals surface area contributed by atoms with E-state index in [1.54, 1.807) is 43.3 Å². The lowest BCUT2D eigenvalue weighted by Crippen LogP contribution is -2.06. The summed E-state index contributed by atoms with van der Waals surface area (Å²) in [5.74, 6) is -0.143. The molecule has 34 heavy (non-hydrogen) atoms. The van der Waals surface area contributed by atoms with Crippen molar-refractivity contribution < 1.29 is 28.3 Å². The Kier molecular flexibility index (Phi) is 6.35. The van der Waals surface area contributed by atoms with Gasteiger partial charge in [0.2, 0.25) is 5.90 Å². The van der Waals surface area contributed by atoms with Gasteiger partial charge in [-0.15, -0.1) is 0 Å². The number of benzene rings is 3. The molecule has 1 aliphatic rings. The summed E-state index contributed by atoms with van der Waals surface area (Å²) in [6.45, 7) is 1.62. The molecule has 0 aromatic heterocycles. The summed E-state index contributed by atoms with van der Waals surface area (Å²) < 4.78 is 30.2. The predicted octanol–water partition coefficient (Wildman–Crippen LogP) is 4.97. The van der Waals surface area contributed by atoms with Crippen LogP contribution in [0.4, 0.5) is 10.1 Å². The Labute approximate surface area is 194 Å². The SMILES string of the molecule is COc1cc(/C=C2\N=C(c3ccc([N+](=O)[O-])c(C)c3)OC2=O)ccc1OCc1ccccc1F. The van der Waals surface area contributed by atoms with Crippen LogP contribution in [0.3, 0.4) is 0 Å². The maximum absolute atomic E-state index is 13.8. The van der Waals surface area contributed by atoms with Crippen molar-refractivity contribution in [3.05, 3.63) is 105 Å². The number of rotatable bonds is 7. The monoisotopic (exact) mass is 462 g/mol. The number of hydrogen-bond donors (Lipinski definition) is 0. The number of aliphatic imine (C=N–C) groups is 1. The smallest absolute Gasteiger partial charge is 0.363 e. The van der Waals surface area contributed by atoms with Crippen LogP contribution >= 0.6 is 0 Å². The molecule has 0 spiro atoms. The number of nitro benzene ring substituents is 1. The third-order valence-corrected chi connectivity index (χ3v) is 5.09. The molecule has 0 bridgehead atoms. The maximum atomic E-state index is 13.8. The van der Waals surface area contributed by atoms with Crippen LogP contribution in [0.15, 0.2) is 71.4 Å². The number of nitro groups is 1. The first-order valence-corrected chi connectivity index (χ1v) is 10.2. The average Bonchev–Trinajstić information content (AvgIpc) is 3.18. The van der Waals surface area contributed by atoms with Crippen molar-refractivity contribution in [2.75, 3.05) is 7.11 Å². The molecular formula is C25H19FN2O6. The number of methoxy groups -OCH3 is 1. The first-order chi connectivity index (χ1) is 16.4. The normalized spacial score (nSPS) is 14.0. The average molecular weight is 462 g/mol. The van der Waals surface area contributed by atoms with Crippen LogP contribution in [0.2, 0.25) is 0 Å². The van der Waals surface area contributed by atoms with E-state index < -0.39 is 10.9 Å². The quantitative estimate of drug-likeness (QED) is 0.213. The van der Waals surface area contributed by atoms with Crippen molar-refractivity contribution in [3.8, 4) is 11.5 Å². The highest BCUT2D eigenvalue weighted by Crippen LogP contribution is 2.31. The minimum atomic E-state index is -0.648. The third kappa shape index (κ3) is 4.78. The highest BCUT2D eigenvalue weighted by molar-refractivity contribution is 6.13. The molecule has 0 fully saturated rings. The number of carbonyl (C=O) groups excluding carboxylic acids is 1. The van der Waals surface area contributed by atoms with Crippen molar-refractivity contribution in [2.45, 2.75) is 13.5 Å². The van der Waals surface area contributed by atoms with Gasteiger partial charge in [-0.1, -0.05) is 24.3 Å². The largest absolute Gasteiger partial charge is 0.493 e. The Bertz CT molecular complexity index is 1350. The summed E-state index contributed by atoms with van der Waals surface area (Å²) in [5, 5.41) is 11.0. The van der Waals surface area contributed by atoms with Crippen LogP contribution in [0, 0.1) is 22.9 Å².